The SMILES string of the molecule is COc1ccc(NC(=O)[C@@H](c2ccc(OC)c(OC)c2)N(Cc2cccnc2)C(=O)CN2C(=O)C(=O)c3ccccc32)cc1. The number of pyridine rings is 1. The number of Topliss-reactive ketones (excluding diaryl/α,β-unsaturated/α-hetero) is 1. The standard InChI is InChI=1S/C33H30N4O7/c1-42-24-13-11-23(12-14-24)35-32(40)30(22-10-15-27(43-2)28(17-22)44-3)37(19-21-7-6-16-34-18-21)29(38)20-36-26-9-5-4-8-25(26)31(39)33(36)41/h4-18,30H,19-20H2,1-3H3,(H,35,40)/t30-/m1/s1. The fraction of sp³-hybridized carbons (Fsp3) is 0.182. The second-order valence-electron chi connectivity index (χ2n) is 9.86. The summed E-state index contributed by atoms with van der Waals surface area (Å²) in [7, 11) is 4.51. The molecule has 0 aliphatic carbocycles. The molecule has 11 heteroatoms. The van der Waals surface area contributed by atoms with Gasteiger partial charge in [0, 0.05) is 24.6 Å². The molecule has 1 N–H and O–H groups in total. The van der Waals surface area contributed by atoms with Gasteiger partial charge in [0.15, 0.2) is 11.5 Å². The van der Waals surface area contributed by atoms with E-state index in [0.29, 0.717) is 39.8 Å². The van der Waals surface area contributed by atoms with E-state index in [1.165, 1.54) is 19.1 Å². The number of fused-ring (bicyclic) bond motifs is 1. The number of aromatic nitrogens is 1. The molecule has 2 heterocycles. The number of hydrogen-bond donors (Lipinski definition) is 1. The van der Waals surface area contributed by atoms with Gasteiger partial charge in [-0.15, -0.1) is 0 Å². The number of benzene rings is 3. The molecule has 0 radical (unpaired) electrons. The Morgan fingerprint density at radius 1 is 0.886 bits per heavy atom. The molecule has 0 fully saturated rings. The zero-order valence-electron chi connectivity index (χ0n) is 24.4. The maximum atomic E-state index is 14.2. The lowest BCUT2D eigenvalue weighted by atomic mass is 10.0. The molecule has 44 heavy (non-hydrogen) atoms. The van der Waals surface area contributed by atoms with Crippen molar-refractivity contribution in [3.8, 4) is 17.2 Å². The number of nitrogens with one attached hydrogen (secondary N) is 1. The number of hydrogen-bond acceptors (Lipinski definition) is 8. The fourth-order valence-electron chi connectivity index (χ4n) is 5.02. The topological polar surface area (TPSA) is 127 Å². The first-order chi connectivity index (χ1) is 21.3. The largest absolute Gasteiger partial charge is 0.497 e. The van der Waals surface area contributed by atoms with Crippen molar-refractivity contribution in [1.82, 2.24) is 9.88 Å². The van der Waals surface area contributed by atoms with Crippen LogP contribution in [0.15, 0.2) is 91.3 Å². The zero-order chi connectivity index (χ0) is 31.2. The van der Waals surface area contributed by atoms with E-state index in [4.69, 9.17) is 14.2 Å². The minimum absolute atomic E-state index is 0.0284. The molecule has 1 aliphatic heterocycles. The Bertz CT molecular complexity index is 1690. The molecular formula is C33H30N4O7. The highest BCUT2D eigenvalue weighted by Gasteiger charge is 2.39. The molecule has 0 saturated carbocycles. The predicted octanol–water partition coefficient (Wildman–Crippen LogP) is 4.05. The molecule has 1 atom stereocenters. The van der Waals surface area contributed by atoms with Crippen LogP contribution in [0.2, 0.25) is 0 Å². The molecule has 11 nitrogen and oxygen atoms in total. The molecule has 0 saturated heterocycles. The maximum Gasteiger partial charge on any atom is 0.299 e. The van der Waals surface area contributed by atoms with Gasteiger partial charge in [-0.2, -0.15) is 0 Å². The summed E-state index contributed by atoms with van der Waals surface area (Å²) in [5.41, 5.74) is 2.10. The van der Waals surface area contributed by atoms with E-state index >= 15 is 0 Å². The van der Waals surface area contributed by atoms with Crippen molar-refractivity contribution < 1.29 is 33.4 Å². The number of ether oxygens (including phenoxy) is 3. The van der Waals surface area contributed by atoms with Gasteiger partial charge < -0.3 is 24.4 Å². The van der Waals surface area contributed by atoms with Crippen LogP contribution in [-0.2, 0) is 20.9 Å². The summed E-state index contributed by atoms with van der Waals surface area (Å²) in [6.45, 7) is -0.499. The van der Waals surface area contributed by atoms with Gasteiger partial charge >= 0.3 is 0 Å². The third-order valence-electron chi connectivity index (χ3n) is 7.21. The molecule has 0 spiro atoms. The van der Waals surface area contributed by atoms with Crippen LogP contribution in [0.1, 0.15) is 27.5 Å². The van der Waals surface area contributed by atoms with Crippen molar-refractivity contribution >= 4 is 34.9 Å². The van der Waals surface area contributed by atoms with E-state index in [9.17, 15) is 19.2 Å². The number of nitrogens with zero attached hydrogens (tertiary/aromatic N) is 3. The normalized spacial score (nSPS) is 12.8. The van der Waals surface area contributed by atoms with Crippen molar-refractivity contribution in [1.29, 1.82) is 0 Å². The minimum Gasteiger partial charge on any atom is -0.497 e. The Labute approximate surface area is 254 Å². The van der Waals surface area contributed by atoms with Gasteiger partial charge in [-0.1, -0.05) is 24.3 Å². The smallest absolute Gasteiger partial charge is 0.299 e. The van der Waals surface area contributed by atoms with Gasteiger partial charge in [0.05, 0.1) is 32.6 Å². The predicted molar refractivity (Wildman–Crippen MR) is 162 cm³/mol. The van der Waals surface area contributed by atoms with E-state index in [-0.39, 0.29) is 12.1 Å². The lowest BCUT2D eigenvalue weighted by Gasteiger charge is -2.33. The number of carbonyl (C=O) groups excluding carboxylic acids is 4. The summed E-state index contributed by atoms with van der Waals surface area (Å²) < 4.78 is 16.1. The third-order valence-corrected chi connectivity index (χ3v) is 7.21. The molecule has 1 aliphatic rings. The number of rotatable bonds is 11. The summed E-state index contributed by atoms with van der Waals surface area (Å²) in [4.78, 5) is 60.7. The molecule has 5 rings (SSSR count). The van der Waals surface area contributed by atoms with E-state index in [1.807, 2.05) is 0 Å². The van der Waals surface area contributed by atoms with Gasteiger partial charge in [0.1, 0.15) is 18.3 Å². The number of amides is 3. The molecule has 1 aromatic heterocycles. The fourth-order valence-corrected chi connectivity index (χ4v) is 5.02. The van der Waals surface area contributed by atoms with Crippen molar-refractivity contribution in [3.05, 3.63) is 108 Å². The monoisotopic (exact) mass is 594 g/mol. The number of para-hydroxylation sites is 1. The van der Waals surface area contributed by atoms with Gasteiger partial charge in [0.2, 0.25) is 5.91 Å². The molecule has 4 aromatic rings. The van der Waals surface area contributed by atoms with E-state index in [1.54, 1.807) is 98.4 Å². The lowest BCUT2D eigenvalue weighted by Crippen LogP contribution is -2.46. The Morgan fingerprint density at radius 2 is 1.64 bits per heavy atom. The quantitative estimate of drug-likeness (QED) is 0.258. The first kappa shape index (κ1) is 29.8. The summed E-state index contributed by atoms with van der Waals surface area (Å²) in [5, 5.41) is 2.89. The third kappa shape index (κ3) is 6.07. The molecule has 3 aromatic carbocycles. The minimum atomic E-state index is -1.20. The summed E-state index contributed by atoms with van der Waals surface area (Å²) in [5.74, 6) is -1.20. The first-order valence-corrected chi connectivity index (χ1v) is 13.6. The van der Waals surface area contributed by atoms with Crippen LogP contribution in [0.25, 0.3) is 0 Å². The Hall–Kier alpha value is -5.71. The van der Waals surface area contributed by atoms with Crippen molar-refractivity contribution in [2.24, 2.45) is 0 Å². The molecule has 0 bridgehead atoms. The number of carbonyl (C=O) groups is 4. The highest BCUT2D eigenvalue weighted by atomic mass is 16.5. The molecular weight excluding hydrogens is 564 g/mol. The van der Waals surface area contributed by atoms with Crippen LogP contribution in [0.4, 0.5) is 11.4 Å². The number of ketones is 1. The molecule has 0 unspecified atom stereocenters. The van der Waals surface area contributed by atoms with Gasteiger partial charge in [0.25, 0.3) is 17.6 Å². The maximum absolute atomic E-state index is 14.2. The van der Waals surface area contributed by atoms with E-state index in [0.717, 1.165) is 4.90 Å². The van der Waals surface area contributed by atoms with Crippen LogP contribution in [0, 0.1) is 0 Å². The van der Waals surface area contributed by atoms with Crippen LogP contribution < -0.4 is 24.4 Å². The van der Waals surface area contributed by atoms with Gasteiger partial charge in [-0.3, -0.25) is 29.1 Å². The second kappa shape index (κ2) is 13.1. The van der Waals surface area contributed by atoms with Crippen molar-refractivity contribution in [2.75, 3.05) is 38.1 Å². The Morgan fingerprint density at radius 3 is 2.32 bits per heavy atom. The van der Waals surface area contributed by atoms with Crippen LogP contribution in [0.5, 0.6) is 17.2 Å². The van der Waals surface area contributed by atoms with Gasteiger partial charge in [-0.25, -0.2) is 0 Å². The van der Waals surface area contributed by atoms with Crippen LogP contribution >= 0.6 is 0 Å². The van der Waals surface area contributed by atoms with Crippen molar-refractivity contribution in [2.45, 2.75) is 12.6 Å². The van der Waals surface area contributed by atoms with Crippen LogP contribution in [0.3, 0.4) is 0 Å². The van der Waals surface area contributed by atoms with E-state index in [2.05, 4.69) is 10.3 Å². The number of methoxy groups -OCH3 is 3. The second-order valence-corrected chi connectivity index (χ2v) is 9.86. The Balaban J connectivity index is 1.58. The summed E-state index contributed by atoms with van der Waals surface area (Å²) >= 11 is 0. The van der Waals surface area contributed by atoms with Gasteiger partial charge in [-0.05, 0) is 65.7 Å². The average Bonchev–Trinajstić information content (AvgIpc) is 3.29. The van der Waals surface area contributed by atoms with Crippen molar-refractivity contribution in [3.63, 3.8) is 0 Å². The molecule has 3 amide bonds. The highest BCUT2D eigenvalue weighted by molar-refractivity contribution is 6.52. The molecule has 224 valence electrons. The summed E-state index contributed by atoms with van der Waals surface area (Å²) in [6.07, 6.45) is 3.19. The summed E-state index contributed by atoms with van der Waals surface area (Å²) in [6, 6.07) is 20.5. The highest BCUT2D eigenvalue weighted by Crippen LogP contribution is 2.35. The number of anilines is 2. The lowest BCUT2D eigenvalue weighted by molar-refractivity contribution is -0.139. The zero-order valence-corrected chi connectivity index (χ0v) is 24.4. The Kier molecular flexibility index (Phi) is 8.85. The van der Waals surface area contributed by atoms with Crippen LogP contribution in [-0.4, -0.2) is 61.3 Å². The average molecular weight is 595 g/mol. The first-order valence-electron chi connectivity index (χ1n) is 13.6. The van der Waals surface area contributed by atoms with E-state index < -0.39 is 36.1 Å².